The number of hydrogen-bond donors (Lipinski definition) is 1. The molecule has 0 saturated heterocycles. The van der Waals surface area contributed by atoms with E-state index in [1.165, 1.54) is 0 Å². The molecule has 1 saturated carbocycles. The van der Waals surface area contributed by atoms with Gasteiger partial charge >= 0.3 is 12.1 Å². The topological polar surface area (TPSA) is 85.3 Å². The fourth-order valence-corrected chi connectivity index (χ4v) is 3.93. The molecule has 1 aliphatic carbocycles. The molecule has 2 aromatic carbocycles. The molecule has 1 N–H and O–H groups in total. The lowest BCUT2D eigenvalue weighted by molar-refractivity contribution is -0.142. The molecule has 7 heteroatoms. The van der Waals surface area contributed by atoms with E-state index in [9.17, 15) is 9.59 Å². The largest absolute Gasteiger partial charge is 0.494 e. The number of carboxylic acid groups (broad SMARTS) is 1. The summed E-state index contributed by atoms with van der Waals surface area (Å²) < 4.78 is 16.5. The van der Waals surface area contributed by atoms with Crippen molar-refractivity contribution in [3.8, 4) is 5.75 Å². The lowest BCUT2D eigenvalue weighted by Crippen LogP contribution is -2.30. The number of carbonyl (C=O) groups excluding carboxylic acids is 1. The summed E-state index contributed by atoms with van der Waals surface area (Å²) in [6.45, 7) is 3.09. The third-order valence-corrected chi connectivity index (χ3v) is 5.59. The number of ether oxygens (including phenoxy) is 3. The van der Waals surface area contributed by atoms with Gasteiger partial charge in [0.05, 0.1) is 31.2 Å². The van der Waals surface area contributed by atoms with Crippen LogP contribution in [-0.2, 0) is 14.3 Å². The van der Waals surface area contributed by atoms with Crippen molar-refractivity contribution in [2.75, 3.05) is 31.3 Å². The second-order valence-electron chi connectivity index (χ2n) is 7.97. The maximum absolute atomic E-state index is 13.1. The minimum absolute atomic E-state index is 0.252. The summed E-state index contributed by atoms with van der Waals surface area (Å²) in [5.41, 5.74) is 1.45. The second-order valence-corrected chi connectivity index (χ2v) is 7.97. The van der Waals surface area contributed by atoms with Crippen molar-refractivity contribution in [2.24, 2.45) is 11.8 Å². The Balaban J connectivity index is 1.56. The molecule has 3 rings (SSSR count). The van der Waals surface area contributed by atoms with Crippen LogP contribution in [0.5, 0.6) is 5.75 Å². The molecule has 0 aliphatic heterocycles. The summed E-state index contributed by atoms with van der Waals surface area (Å²) in [6, 6.07) is 16.8. The van der Waals surface area contributed by atoms with E-state index in [4.69, 9.17) is 19.3 Å². The van der Waals surface area contributed by atoms with E-state index in [2.05, 4.69) is 0 Å². The fraction of sp³-hybridized carbons (Fsp3) is 0.440. The molecule has 0 bridgehead atoms. The van der Waals surface area contributed by atoms with Gasteiger partial charge in [0.25, 0.3) is 0 Å². The van der Waals surface area contributed by atoms with Crippen LogP contribution in [0, 0.1) is 11.8 Å². The van der Waals surface area contributed by atoms with Crippen LogP contribution in [0.15, 0.2) is 54.6 Å². The normalized spacial score (nSPS) is 18.0. The van der Waals surface area contributed by atoms with Gasteiger partial charge < -0.3 is 19.3 Å². The average molecular weight is 442 g/mol. The van der Waals surface area contributed by atoms with Crippen LogP contribution in [-0.4, -0.2) is 43.6 Å². The zero-order valence-electron chi connectivity index (χ0n) is 18.4. The Hall–Kier alpha value is -3.06. The van der Waals surface area contributed by atoms with Crippen molar-refractivity contribution in [3.63, 3.8) is 0 Å². The van der Waals surface area contributed by atoms with E-state index in [-0.39, 0.29) is 6.61 Å². The van der Waals surface area contributed by atoms with Gasteiger partial charge in [0.1, 0.15) is 12.4 Å². The molecule has 7 nitrogen and oxygen atoms in total. The van der Waals surface area contributed by atoms with Crippen molar-refractivity contribution in [2.45, 2.75) is 32.6 Å². The van der Waals surface area contributed by atoms with E-state index in [0.717, 1.165) is 37.1 Å². The molecule has 1 fully saturated rings. The molecule has 0 heterocycles. The van der Waals surface area contributed by atoms with Crippen LogP contribution >= 0.6 is 0 Å². The molecule has 2 aromatic rings. The smallest absolute Gasteiger partial charge is 0.418 e. The fourth-order valence-electron chi connectivity index (χ4n) is 3.93. The highest BCUT2D eigenvalue weighted by atomic mass is 16.6. The molecule has 0 spiro atoms. The Morgan fingerprint density at radius 2 is 1.50 bits per heavy atom. The Morgan fingerprint density at radius 1 is 0.906 bits per heavy atom. The molecule has 0 unspecified atom stereocenters. The van der Waals surface area contributed by atoms with Gasteiger partial charge in [-0.25, -0.2) is 14.5 Å². The summed E-state index contributed by atoms with van der Waals surface area (Å²) in [6.07, 6.45) is 3.35. The van der Waals surface area contributed by atoms with Gasteiger partial charge in [-0.1, -0.05) is 18.2 Å². The first-order valence-corrected chi connectivity index (χ1v) is 11.1. The van der Waals surface area contributed by atoms with Crippen LogP contribution in [0.2, 0.25) is 0 Å². The van der Waals surface area contributed by atoms with E-state index >= 15 is 0 Å². The minimum Gasteiger partial charge on any atom is -0.494 e. The molecule has 0 aromatic heterocycles. The SMILES string of the molecule is CCOc1ccc(N(C(=O)OCC2CCC(COCC(=O)O)CC2)c2ccccc2)cc1. The third kappa shape index (κ3) is 6.99. The number of carbonyl (C=O) groups is 2. The van der Waals surface area contributed by atoms with Gasteiger partial charge in [0.15, 0.2) is 0 Å². The zero-order valence-corrected chi connectivity index (χ0v) is 18.4. The number of carboxylic acids is 1. The predicted molar refractivity (Wildman–Crippen MR) is 121 cm³/mol. The number of anilines is 2. The highest BCUT2D eigenvalue weighted by Crippen LogP contribution is 2.31. The van der Waals surface area contributed by atoms with Gasteiger partial charge in [-0.15, -0.1) is 0 Å². The van der Waals surface area contributed by atoms with Crippen LogP contribution in [0.1, 0.15) is 32.6 Å². The first kappa shape index (κ1) is 23.6. The van der Waals surface area contributed by atoms with Gasteiger partial charge in [0.2, 0.25) is 0 Å². The number of hydrogen-bond acceptors (Lipinski definition) is 5. The van der Waals surface area contributed by atoms with Crippen LogP contribution in [0.3, 0.4) is 0 Å². The lowest BCUT2D eigenvalue weighted by Gasteiger charge is -2.29. The van der Waals surface area contributed by atoms with Crippen molar-refractivity contribution < 1.29 is 28.9 Å². The first-order chi connectivity index (χ1) is 15.6. The lowest BCUT2D eigenvalue weighted by atomic mass is 9.83. The van der Waals surface area contributed by atoms with Gasteiger partial charge in [0, 0.05) is 0 Å². The molecule has 32 heavy (non-hydrogen) atoms. The summed E-state index contributed by atoms with van der Waals surface area (Å²) in [5, 5.41) is 8.67. The Labute approximate surface area is 188 Å². The van der Waals surface area contributed by atoms with E-state index in [0.29, 0.717) is 37.3 Å². The highest BCUT2D eigenvalue weighted by molar-refractivity contribution is 5.96. The maximum atomic E-state index is 13.1. The van der Waals surface area contributed by atoms with Gasteiger partial charge in [-0.2, -0.15) is 0 Å². The molecule has 0 radical (unpaired) electrons. The monoisotopic (exact) mass is 441 g/mol. The summed E-state index contributed by atoms with van der Waals surface area (Å²) in [5.74, 6) is 0.474. The second kappa shape index (κ2) is 12.1. The predicted octanol–water partition coefficient (Wildman–Crippen LogP) is 5.27. The number of rotatable bonds is 10. The van der Waals surface area contributed by atoms with Crippen LogP contribution < -0.4 is 9.64 Å². The maximum Gasteiger partial charge on any atom is 0.418 e. The molecule has 0 atom stereocenters. The number of nitrogens with zero attached hydrogens (tertiary/aromatic N) is 1. The van der Waals surface area contributed by atoms with Crippen LogP contribution in [0.4, 0.5) is 16.2 Å². The van der Waals surface area contributed by atoms with E-state index in [1.807, 2.05) is 61.5 Å². The Bertz CT molecular complexity index is 846. The quantitative estimate of drug-likeness (QED) is 0.541. The summed E-state index contributed by atoms with van der Waals surface area (Å²) in [4.78, 5) is 25.2. The van der Waals surface area contributed by atoms with Crippen molar-refractivity contribution in [3.05, 3.63) is 54.6 Å². The Morgan fingerprint density at radius 3 is 2.09 bits per heavy atom. The Kier molecular flexibility index (Phi) is 8.92. The highest BCUT2D eigenvalue weighted by Gasteiger charge is 2.25. The summed E-state index contributed by atoms with van der Waals surface area (Å²) >= 11 is 0. The first-order valence-electron chi connectivity index (χ1n) is 11.1. The van der Waals surface area contributed by atoms with Crippen molar-refractivity contribution in [1.29, 1.82) is 0 Å². The molecule has 1 aliphatic rings. The number of benzene rings is 2. The number of amides is 1. The molecular formula is C25H31NO6. The number of aliphatic carboxylic acids is 1. The summed E-state index contributed by atoms with van der Waals surface area (Å²) in [7, 11) is 0. The van der Waals surface area contributed by atoms with Gasteiger partial charge in [-0.3, -0.25) is 0 Å². The molecule has 172 valence electrons. The minimum atomic E-state index is -0.943. The van der Waals surface area contributed by atoms with Crippen molar-refractivity contribution in [1.82, 2.24) is 0 Å². The number of para-hydroxylation sites is 1. The molecular weight excluding hydrogens is 410 g/mol. The average Bonchev–Trinajstić information content (AvgIpc) is 2.80. The standard InChI is InChI=1S/C25H31NO6/c1-2-31-23-14-12-22(13-15-23)26(21-6-4-3-5-7-21)25(29)32-17-20-10-8-19(9-11-20)16-30-18-24(27)28/h3-7,12-15,19-20H,2,8-11,16-18H2,1H3,(H,27,28). The van der Waals surface area contributed by atoms with E-state index in [1.54, 1.807) is 4.90 Å². The molecule has 1 amide bonds. The van der Waals surface area contributed by atoms with Crippen LogP contribution in [0.25, 0.3) is 0 Å². The third-order valence-electron chi connectivity index (χ3n) is 5.59. The zero-order chi connectivity index (χ0) is 22.8. The van der Waals surface area contributed by atoms with Gasteiger partial charge in [-0.05, 0) is 80.8 Å². The van der Waals surface area contributed by atoms with E-state index < -0.39 is 12.1 Å². The van der Waals surface area contributed by atoms with Crippen molar-refractivity contribution >= 4 is 23.4 Å².